The fourth-order valence-corrected chi connectivity index (χ4v) is 2.48. The Labute approximate surface area is 129 Å². The van der Waals surface area contributed by atoms with Crippen LogP contribution in [0.5, 0.6) is 0 Å². The smallest absolute Gasteiger partial charge is 0.254 e. The Morgan fingerprint density at radius 1 is 1.19 bits per heavy atom. The molecule has 5 nitrogen and oxygen atoms in total. The Kier molecular flexibility index (Phi) is 4.85. The predicted molar refractivity (Wildman–Crippen MR) is 80.4 cm³/mol. The molecule has 1 atom stereocenters. The van der Waals surface area contributed by atoms with Crippen molar-refractivity contribution in [1.29, 1.82) is 0 Å². The number of aliphatic hydroxyl groups is 1. The number of carbonyl (C=O) groups is 2. The molecular formula is C15H19ClN2O3. The summed E-state index contributed by atoms with van der Waals surface area (Å²) in [6.07, 6.45) is -0.997. The number of piperazine rings is 1. The summed E-state index contributed by atoms with van der Waals surface area (Å²) in [4.78, 5) is 27.4. The molecule has 1 aliphatic heterocycles. The van der Waals surface area contributed by atoms with Gasteiger partial charge in [0.05, 0.1) is 0 Å². The van der Waals surface area contributed by atoms with Crippen LogP contribution >= 0.6 is 11.6 Å². The second-order valence-corrected chi connectivity index (χ2v) is 5.66. The quantitative estimate of drug-likeness (QED) is 0.896. The first-order valence-corrected chi connectivity index (χ1v) is 7.30. The van der Waals surface area contributed by atoms with Gasteiger partial charge in [0.15, 0.2) is 0 Å². The Morgan fingerprint density at radius 3 is 2.29 bits per heavy atom. The molecule has 1 N–H and O–H groups in total. The normalized spacial score (nSPS) is 16.8. The van der Waals surface area contributed by atoms with Crippen molar-refractivity contribution in [3.05, 3.63) is 34.3 Å². The van der Waals surface area contributed by atoms with Crippen molar-refractivity contribution in [1.82, 2.24) is 9.80 Å². The van der Waals surface area contributed by atoms with E-state index in [-0.39, 0.29) is 11.8 Å². The minimum absolute atomic E-state index is 0.0824. The number of nitrogens with zero attached hydrogens (tertiary/aromatic N) is 2. The van der Waals surface area contributed by atoms with E-state index in [1.165, 1.54) is 6.92 Å². The molecule has 0 aliphatic carbocycles. The first-order valence-electron chi connectivity index (χ1n) is 6.92. The van der Waals surface area contributed by atoms with Gasteiger partial charge in [-0.1, -0.05) is 17.7 Å². The van der Waals surface area contributed by atoms with Crippen LogP contribution in [-0.2, 0) is 4.79 Å². The summed E-state index contributed by atoms with van der Waals surface area (Å²) < 4.78 is 0. The molecule has 21 heavy (non-hydrogen) atoms. The Balaban J connectivity index is 2.00. The average molecular weight is 311 g/mol. The molecule has 2 rings (SSSR count). The number of hydrogen-bond donors (Lipinski definition) is 1. The third kappa shape index (κ3) is 3.54. The topological polar surface area (TPSA) is 60.9 Å². The highest BCUT2D eigenvalue weighted by Gasteiger charge is 2.26. The highest BCUT2D eigenvalue weighted by Crippen LogP contribution is 2.18. The van der Waals surface area contributed by atoms with Gasteiger partial charge in [-0.05, 0) is 31.5 Å². The van der Waals surface area contributed by atoms with Crippen LogP contribution in [-0.4, -0.2) is 59.0 Å². The first-order chi connectivity index (χ1) is 9.90. The summed E-state index contributed by atoms with van der Waals surface area (Å²) in [6, 6.07) is 5.26. The molecule has 1 fully saturated rings. The zero-order valence-electron chi connectivity index (χ0n) is 12.2. The third-order valence-corrected chi connectivity index (χ3v) is 4.06. The molecular weight excluding hydrogens is 292 g/mol. The van der Waals surface area contributed by atoms with Crippen molar-refractivity contribution in [2.24, 2.45) is 0 Å². The van der Waals surface area contributed by atoms with E-state index in [9.17, 15) is 14.7 Å². The van der Waals surface area contributed by atoms with Gasteiger partial charge >= 0.3 is 0 Å². The number of hydrogen-bond acceptors (Lipinski definition) is 3. The van der Waals surface area contributed by atoms with E-state index < -0.39 is 6.10 Å². The summed E-state index contributed by atoms with van der Waals surface area (Å²) >= 11 is 6.04. The van der Waals surface area contributed by atoms with Crippen LogP contribution in [0.3, 0.4) is 0 Å². The molecule has 2 amide bonds. The molecule has 0 radical (unpaired) electrons. The van der Waals surface area contributed by atoms with E-state index >= 15 is 0 Å². The van der Waals surface area contributed by atoms with Gasteiger partial charge in [0, 0.05) is 36.8 Å². The molecule has 0 bridgehead atoms. The molecule has 1 aromatic rings. The minimum Gasteiger partial charge on any atom is -0.384 e. The summed E-state index contributed by atoms with van der Waals surface area (Å²) in [5.74, 6) is -0.374. The molecule has 114 valence electrons. The SMILES string of the molecule is Cc1ccc(C(=O)N2CCN(C(=O)C(C)O)CC2)cc1Cl. The second kappa shape index (κ2) is 6.45. The number of aliphatic hydroxyl groups excluding tert-OH is 1. The van der Waals surface area contributed by atoms with E-state index in [1.807, 2.05) is 13.0 Å². The fraction of sp³-hybridized carbons (Fsp3) is 0.467. The Hall–Kier alpha value is -1.59. The first kappa shape index (κ1) is 15.8. The highest BCUT2D eigenvalue weighted by molar-refractivity contribution is 6.31. The third-order valence-electron chi connectivity index (χ3n) is 3.65. The number of halogens is 1. The maximum absolute atomic E-state index is 12.4. The lowest BCUT2D eigenvalue weighted by molar-refractivity contribution is -0.140. The lowest BCUT2D eigenvalue weighted by atomic mass is 10.1. The van der Waals surface area contributed by atoms with Crippen LogP contribution in [0.1, 0.15) is 22.8 Å². The summed E-state index contributed by atoms with van der Waals surface area (Å²) in [5.41, 5.74) is 1.49. The van der Waals surface area contributed by atoms with Gasteiger partial charge in [0.25, 0.3) is 11.8 Å². The molecule has 1 aromatic carbocycles. The number of amides is 2. The molecule has 1 unspecified atom stereocenters. The number of rotatable bonds is 2. The van der Waals surface area contributed by atoms with E-state index in [1.54, 1.807) is 21.9 Å². The molecule has 1 aliphatic rings. The summed E-state index contributed by atoms with van der Waals surface area (Å²) in [6.45, 7) is 5.14. The highest BCUT2D eigenvalue weighted by atomic mass is 35.5. The van der Waals surface area contributed by atoms with Crippen molar-refractivity contribution in [2.75, 3.05) is 26.2 Å². The molecule has 0 spiro atoms. The lowest BCUT2D eigenvalue weighted by Crippen LogP contribution is -2.52. The molecule has 0 saturated carbocycles. The van der Waals surface area contributed by atoms with E-state index in [0.29, 0.717) is 36.8 Å². The van der Waals surface area contributed by atoms with Gasteiger partial charge in [-0.25, -0.2) is 0 Å². The molecule has 6 heteroatoms. The zero-order chi connectivity index (χ0) is 15.6. The summed E-state index contributed by atoms with van der Waals surface area (Å²) in [5, 5.41) is 9.87. The Bertz CT molecular complexity index is 552. The zero-order valence-corrected chi connectivity index (χ0v) is 12.9. The van der Waals surface area contributed by atoms with Crippen LogP contribution in [0, 0.1) is 6.92 Å². The fourth-order valence-electron chi connectivity index (χ4n) is 2.30. The van der Waals surface area contributed by atoms with Crippen molar-refractivity contribution < 1.29 is 14.7 Å². The second-order valence-electron chi connectivity index (χ2n) is 5.26. The van der Waals surface area contributed by atoms with Crippen molar-refractivity contribution in [2.45, 2.75) is 20.0 Å². The van der Waals surface area contributed by atoms with Crippen molar-refractivity contribution in [3.63, 3.8) is 0 Å². The van der Waals surface area contributed by atoms with Gasteiger partial charge in [0.2, 0.25) is 0 Å². The van der Waals surface area contributed by atoms with Crippen LogP contribution in [0.2, 0.25) is 5.02 Å². The summed E-state index contributed by atoms with van der Waals surface area (Å²) in [7, 11) is 0. The predicted octanol–water partition coefficient (Wildman–Crippen LogP) is 1.31. The lowest BCUT2D eigenvalue weighted by Gasteiger charge is -2.35. The standard InChI is InChI=1S/C15H19ClN2O3/c1-10-3-4-12(9-13(10)16)15(21)18-7-5-17(6-8-18)14(20)11(2)19/h3-4,9,11,19H,5-8H2,1-2H3. The van der Waals surface area contributed by atoms with Crippen LogP contribution in [0.4, 0.5) is 0 Å². The number of benzene rings is 1. The van der Waals surface area contributed by atoms with Gasteiger partial charge in [-0.2, -0.15) is 0 Å². The number of carbonyl (C=O) groups excluding carboxylic acids is 2. The van der Waals surface area contributed by atoms with E-state index in [4.69, 9.17) is 11.6 Å². The van der Waals surface area contributed by atoms with Gasteiger partial charge in [-0.3, -0.25) is 9.59 Å². The van der Waals surface area contributed by atoms with Crippen LogP contribution in [0.15, 0.2) is 18.2 Å². The van der Waals surface area contributed by atoms with Gasteiger partial charge in [0.1, 0.15) is 6.10 Å². The minimum atomic E-state index is -0.997. The molecule has 0 aromatic heterocycles. The van der Waals surface area contributed by atoms with E-state index in [2.05, 4.69) is 0 Å². The van der Waals surface area contributed by atoms with Crippen molar-refractivity contribution in [3.8, 4) is 0 Å². The molecule has 1 saturated heterocycles. The van der Waals surface area contributed by atoms with Crippen LogP contribution < -0.4 is 0 Å². The largest absolute Gasteiger partial charge is 0.384 e. The number of aryl methyl sites for hydroxylation is 1. The maximum Gasteiger partial charge on any atom is 0.254 e. The van der Waals surface area contributed by atoms with Gasteiger partial charge in [-0.15, -0.1) is 0 Å². The van der Waals surface area contributed by atoms with Gasteiger partial charge < -0.3 is 14.9 Å². The maximum atomic E-state index is 12.4. The van der Waals surface area contributed by atoms with Crippen LogP contribution in [0.25, 0.3) is 0 Å². The monoisotopic (exact) mass is 310 g/mol. The average Bonchev–Trinajstić information content (AvgIpc) is 2.48. The Morgan fingerprint density at radius 2 is 1.76 bits per heavy atom. The van der Waals surface area contributed by atoms with Crippen molar-refractivity contribution >= 4 is 23.4 Å². The van der Waals surface area contributed by atoms with E-state index in [0.717, 1.165) is 5.56 Å². The molecule has 1 heterocycles.